The lowest BCUT2D eigenvalue weighted by atomic mass is 9.69. The van der Waals surface area contributed by atoms with Gasteiger partial charge in [0.25, 0.3) is 0 Å². The van der Waals surface area contributed by atoms with Gasteiger partial charge in [-0.15, -0.1) is 0 Å². The van der Waals surface area contributed by atoms with Crippen LogP contribution in [0.4, 0.5) is 0 Å². The van der Waals surface area contributed by atoms with Crippen LogP contribution in [0.15, 0.2) is 0 Å². The van der Waals surface area contributed by atoms with E-state index in [2.05, 4.69) is 38.0 Å². The molecule has 0 spiro atoms. The number of nitrogens with zero attached hydrogens (tertiary/aromatic N) is 1. The Morgan fingerprint density at radius 3 is 2.79 bits per heavy atom. The molecule has 114 valence electrons. The Morgan fingerprint density at radius 1 is 1.47 bits per heavy atom. The van der Waals surface area contributed by atoms with Gasteiger partial charge in [-0.2, -0.15) is 0 Å². The summed E-state index contributed by atoms with van der Waals surface area (Å²) < 4.78 is 5.29. The van der Waals surface area contributed by atoms with Crippen LogP contribution in [0.25, 0.3) is 0 Å². The van der Waals surface area contributed by atoms with Crippen molar-refractivity contribution in [3.63, 3.8) is 0 Å². The summed E-state index contributed by atoms with van der Waals surface area (Å²) in [7, 11) is 4.04. The number of ether oxygens (including phenoxy) is 1. The molecule has 0 bridgehead atoms. The van der Waals surface area contributed by atoms with Gasteiger partial charge in [0.05, 0.1) is 6.61 Å². The molecular formula is C16H34N2O. The third-order valence-electron chi connectivity index (χ3n) is 4.68. The molecule has 1 N–H and O–H groups in total. The fourth-order valence-electron chi connectivity index (χ4n) is 3.57. The molecule has 1 rings (SSSR count). The van der Waals surface area contributed by atoms with Crippen LogP contribution in [0.1, 0.15) is 46.5 Å². The van der Waals surface area contributed by atoms with Crippen LogP contribution < -0.4 is 5.32 Å². The summed E-state index contributed by atoms with van der Waals surface area (Å²) in [4.78, 5) is 2.49. The minimum Gasteiger partial charge on any atom is -0.383 e. The van der Waals surface area contributed by atoms with Crippen LogP contribution in [0.2, 0.25) is 0 Å². The summed E-state index contributed by atoms with van der Waals surface area (Å²) in [5, 5.41) is 3.60. The first kappa shape index (κ1) is 16.9. The molecule has 1 aliphatic carbocycles. The molecule has 0 radical (unpaired) electrons. The SMILES string of the molecule is CCNCC1(CN(C)C(C)COC)CCCC(C)C1. The molecule has 3 unspecified atom stereocenters. The zero-order chi connectivity index (χ0) is 14.3. The summed E-state index contributed by atoms with van der Waals surface area (Å²) >= 11 is 0. The van der Waals surface area contributed by atoms with Crippen molar-refractivity contribution in [1.29, 1.82) is 0 Å². The highest BCUT2D eigenvalue weighted by Gasteiger charge is 2.36. The minimum atomic E-state index is 0.463. The van der Waals surface area contributed by atoms with Crippen molar-refractivity contribution in [2.45, 2.75) is 52.5 Å². The average Bonchev–Trinajstić information content (AvgIpc) is 2.36. The molecule has 19 heavy (non-hydrogen) atoms. The van der Waals surface area contributed by atoms with Gasteiger partial charge in [-0.25, -0.2) is 0 Å². The molecule has 0 aromatic heterocycles. The monoisotopic (exact) mass is 270 g/mol. The normalized spacial score (nSPS) is 29.7. The first-order valence-corrected chi connectivity index (χ1v) is 7.93. The molecule has 0 aliphatic heterocycles. The van der Waals surface area contributed by atoms with Crippen LogP contribution in [-0.2, 0) is 4.74 Å². The van der Waals surface area contributed by atoms with E-state index in [4.69, 9.17) is 4.74 Å². The van der Waals surface area contributed by atoms with E-state index in [0.717, 1.165) is 25.6 Å². The Labute approximate surface area is 120 Å². The first-order valence-electron chi connectivity index (χ1n) is 7.93. The third kappa shape index (κ3) is 5.41. The van der Waals surface area contributed by atoms with E-state index < -0.39 is 0 Å². The number of hydrogen-bond donors (Lipinski definition) is 1. The van der Waals surface area contributed by atoms with Gasteiger partial charge in [0.1, 0.15) is 0 Å². The van der Waals surface area contributed by atoms with Gasteiger partial charge in [0.15, 0.2) is 0 Å². The van der Waals surface area contributed by atoms with E-state index in [-0.39, 0.29) is 0 Å². The van der Waals surface area contributed by atoms with Crippen molar-refractivity contribution in [3.8, 4) is 0 Å². The molecule has 1 aliphatic rings. The van der Waals surface area contributed by atoms with E-state index in [9.17, 15) is 0 Å². The van der Waals surface area contributed by atoms with Crippen molar-refractivity contribution in [3.05, 3.63) is 0 Å². The summed E-state index contributed by atoms with van der Waals surface area (Å²) in [5.74, 6) is 0.874. The van der Waals surface area contributed by atoms with Gasteiger partial charge in [0, 0.05) is 26.2 Å². The Kier molecular flexibility index (Phi) is 7.33. The minimum absolute atomic E-state index is 0.463. The highest BCUT2D eigenvalue weighted by Crippen LogP contribution is 2.39. The molecule has 3 atom stereocenters. The highest BCUT2D eigenvalue weighted by molar-refractivity contribution is 4.90. The van der Waals surface area contributed by atoms with Gasteiger partial charge < -0.3 is 15.0 Å². The molecule has 1 fully saturated rings. The number of nitrogens with one attached hydrogen (secondary N) is 1. The lowest BCUT2D eigenvalue weighted by Crippen LogP contribution is -2.48. The van der Waals surface area contributed by atoms with Crippen LogP contribution in [0.3, 0.4) is 0 Å². The number of hydrogen-bond acceptors (Lipinski definition) is 3. The smallest absolute Gasteiger partial charge is 0.0615 e. The number of methoxy groups -OCH3 is 1. The van der Waals surface area contributed by atoms with Crippen molar-refractivity contribution in [1.82, 2.24) is 10.2 Å². The Hall–Kier alpha value is -0.120. The average molecular weight is 270 g/mol. The Balaban J connectivity index is 2.62. The maximum Gasteiger partial charge on any atom is 0.0615 e. The molecule has 0 amide bonds. The van der Waals surface area contributed by atoms with E-state index in [1.165, 1.54) is 32.2 Å². The van der Waals surface area contributed by atoms with Gasteiger partial charge in [0.2, 0.25) is 0 Å². The fraction of sp³-hybridized carbons (Fsp3) is 1.00. The van der Waals surface area contributed by atoms with E-state index in [1.807, 2.05) is 0 Å². The van der Waals surface area contributed by atoms with Crippen molar-refractivity contribution >= 4 is 0 Å². The van der Waals surface area contributed by atoms with Gasteiger partial charge in [-0.1, -0.05) is 26.7 Å². The fourth-order valence-corrected chi connectivity index (χ4v) is 3.57. The van der Waals surface area contributed by atoms with Gasteiger partial charge >= 0.3 is 0 Å². The quantitative estimate of drug-likeness (QED) is 0.734. The number of rotatable bonds is 8. The summed E-state index contributed by atoms with van der Waals surface area (Å²) in [5.41, 5.74) is 0.463. The second-order valence-corrected chi connectivity index (χ2v) is 6.70. The van der Waals surface area contributed by atoms with Crippen LogP contribution in [0, 0.1) is 11.3 Å². The van der Waals surface area contributed by atoms with Crippen LogP contribution >= 0.6 is 0 Å². The summed E-state index contributed by atoms with van der Waals surface area (Å²) in [6.45, 7) is 11.1. The van der Waals surface area contributed by atoms with Crippen LogP contribution in [0.5, 0.6) is 0 Å². The second-order valence-electron chi connectivity index (χ2n) is 6.70. The molecule has 0 saturated heterocycles. The number of likely N-dealkylation sites (N-methyl/N-ethyl adjacent to an activating group) is 1. The zero-order valence-electron chi connectivity index (χ0n) is 13.7. The molecule has 1 saturated carbocycles. The van der Waals surface area contributed by atoms with Gasteiger partial charge in [-0.3, -0.25) is 0 Å². The lowest BCUT2D eigenvalue weighted by molar-refractivity contribution is 0.0499. The largest absolute Gasteiger partial charge is 0.383 e. The van der Waals surface area contributed by atoms with Crippen molar-refractivity contribution < 1.29 is 4.74 Å². The molecular weight excluding hydrogens is 236 g/mol. The molecule has 3 heteroatoms. The van der Waals surface area contributed by atoms with Crippen molar-refractivity contribution in [2.24, 2.45) is 11.3 Å². The first-order chi connectivity index (χ1) is 9.03. The predicted octanol–water partition coefficient (Wildman–Crippen LogP) is 2.76. The Morgan fingerprint density at radius 2 is 2.21 bits per heavy atom. The summed E-state index contributed by atoms with van der Waals surface area (Å²) in [6.07, 6.45) is 5.53. The second kappa shape index (κ2) is 8.23. The van der Waals surface area contributed by atoms with Gasteiger partial charge in [-0.05, 0) is 44.7 Å². The highest BCUT2D eigenvalue weighted by atomic mass is 16.5. The summed E-state index contributed by atoms with van der Waals surface area (Å²) in [6, 6.07) is 0.501. The molecule has 0 aromatic rings. The predicted molar refractivity (Wildman–Crippen MR) is 82.6 cm³/mol. The molecule has 3 nitrogen and oxygen atoms in total. The zero-order valence-corrected chi connectivity index (χ0v) is 13.7. The molecule has 0 aromatic carbocycles. The maximum atomic E-state index is 5.29. The van der Waals surface area contributed by atoms with E-state index in [0.29, 0.717) is 11.5 Å². The maximum absolute atomic E-state index is 5.29. The topological polar surface area (TPSA) is 24.5 Å². The van der Waals surface area contributed by atoms with E-state index >= 15 is 0 Å². The Bertz CT molecular complexity index is 247. The molecule has 0 heterocycles. The van der Waals surface area contributed by atoms with E-state index in [1.54, 1.807) is 7.11 Å². The third-order valence-corrected chi connectivity index (χ3v) is 4.68. The standard InChI is InChI=1S/C16H34N2O/c1-6-17-12-16(9-7-8-14(2)10-16)13-18(4)15(3)11-19-5/h14-15,17H,6-13H2,1-5H3. The lowest BCUT2D eigenvalue weighted by Gasteiger charge is -2.44. The van der Waals surface area contributed by atoms with Crippen molar-refractivity contribution in [2.75, 3.05) is 40.4 Å². The van der Waals surface area contributed by atoms with Crippen LogP contribution in [-0.4, -0.2) is 51.3 Å².